The number of fused-ring (bicyclic) bond motifs is 1. The minimum absolute atomic E-state index is 0.289. The zero-order chi connectivity index (χ0) is 16.5. The van der Waals surface area contributed by atoms with E-state index in [0.717, 1.165) is 12.8 Å². The lowest BCUT2D eigenvalue weighted by Gasteiger charge is -2.22. The van der Waals surface area contributed by atoms with Gasteiger partial charge in [-0.2, -0.15) is 0 Å². The van der Waals surface area contributed by atoms with Gasteiger partial charge in [-0.3, -0.25) is 0 Å². The summed E-state index contributed by atoms with van der Waals surface area (Å²) in [5, 5.41) is 2.71. The van der Waals surface area contributed by atoms with Crippen LogP contribution in [0.4, 0.5) is 0 Å². The average Bonchev–Trinajstić information content (AvgIpc) is 2.35. The van der Waals surface area contributed by atoms with Crippen LogP contribution in [-0.2, 0) is 19.4 Å². The van der Waals surface area contributed by atoms with Crippen molar-refractivity contribution >= 4 is 10.8 Å². The van der Waals surface area contributed by atoms with Gasteiger partial charge in [0.15, 0.2) is 0 Å². The Morgan fingerprint density at radius 2 is 1.41 bits per heavy atom. The Hall–Kier alpha value is -1.34. The van der Waals surface area contributed by atoms with E-state index in [9.17, 15) is 0 Å². The van der Waals surface area contributed by atoms with E-state index in [1.807, 2.05) is 0 Å². The molecule has 0 saturated carbocycles. The first-order chi connectivity index (χ1) is 10.1. The molecule has 0 atom stereocenters. The Labute approximate surface area is 135 Å². The van der Waals surface area contributed by atoms with Crippen LogP contribution in [0.1, 0.15) is 58.2 Å². The molecule has 0 unspecified atom stereocenters. The van der Waals surface area contributed by atoms with Gasteiger partial charge in [-0.25, -0.2) is 0 Å². The fourth-order valence-electron chi connectivity index (χ4n) is 3.20. The highest BCUT2D eigenvalue weighted by Crippen LogP contribution is 2.31. The second-order valence-electron chi connectivity index (χ2n) is 8.95. The second kappa shape index (κ2) is 6.04. The molecule has 0 aliphatic carbocycles. The SMILES string of the molecule is CC(C)(C)Cc1cc(CN)c2cccc(CC(C)(C)C)c2c1. The van der Waals surface area contributed by atoms with Crippen molar-refractivity contribution in [1.29, 1.82) is 0 Å². The summed E-state index contributed by atoms with van der Waals surface area (Å²) >= 11 is 0. The first-order valence-corrected chi connectivity index (χ1v) is 8.32. The monoisotopic (exact) mass is 297 g/mol. The molecule has 2 aromatic rings. The molecule has 0 bridgehead atoms. The Morgan fingerprint density at radius 3 is 1.95 bits per heavy atom. The summed E-state index contributed by atoms with van der Waals surface area (Å²) in [6.07, 6.45) is 2.17. The van der Waals surface area contributed by atoms with E-state index >= 15 is 0 Å². The summed E-state index contributed by atoms with van der Waals surface area (Å²) in [6, 6.07) is 11.3. The van der Waals surface area contributed by atoms with Gasteiger partial charge in [0.25, 0.3) is 0 Å². The summed E-state index contributed by atoms with van der Waals surface area (Å²) in [7, 11) is 0. The highest BCUT2D eigenvalue weighted by Gasteiger charge is 2.16. The predicted molar refractivity (Wildman–Crippen MR) is 98.2 cm³/mol. The second-order valence-corrected chi connectivity index (χ2v) is 8.95. The lowest BCUT2D eigenvalue weighted by molar-refractivity contribution is 0.410. The van der Waals surface area contributed by atoms with Crippen LogP contribution in [0.3, 0.4) is 0 Å². The third kappa shape index (κ3) is 4.33. The van der Waals surface area contributed by atoms with Crippen LogP contribution in [0.15, 0.2) is 30.3 Å². The van der Waals surface area contributed by atoms with Crippen LogP contribution in [-0.4, -0.2) is 0 Å². The zero-order valence-electron chi connectivity index (χ0n) is 15.1. The molecule has 1 nitrogen and oxygen atoms in total. The van der Waals surface area contributed by atoms with Gasteiger partial charge in [-0.05, 0) is 51.1 Å². The van der Waals surface area contributed by atoms with E-state index in [0.29, 0.717) is 12.0 Å². The van der Waals surface area contributed by atoms with E-state index in [1.165, 1.54) is 27.5 Å². The van der Waals surface area contributed by atoms with Gasteiger partial charge in [0.05, 0.1) is 0 Å². The Bertz CT molecular complexity index is 654. The molecule has 0 amide bonds. The molecule has 0 aromatic heterocycles. The lowest BCUT2D eigenvalue weighted by Crippen LogP contribution is -2.12. The fraction of sp³-hybridized carbons (Fsp3) is 0.524. The van der Waals surface area contributed by atoms with Gasteiger partial charge >= 0.3 is 0 Å². The van der Waals surface area contributed by atoms with Crippen LogP contribution in [0.5, 0.6) is 0 Å². The van der Waals surface area contributed by atoms with Crippen molar-refractivity contribution in [1.82, 2.24) is 0 Å². The summed E-state index contributed by atoms with van der Waals surface area (Å²) in [6.45, 7) is 14.4. The molecule has 2 N–H and O–H groups in total. The zero-order valence-corrected chi connectivity index (χ0v) is 15.1. The van der Waals surface area contributed by atoms with E-state index < -0.39 is 0 Å². The molecule has 0 fully saturated rings. The molecule has 2 aromatic carbocycles. The third-order valence-electron chi connectivity index (χ3n) is 3.91. The molecule has 120 valence electrons. The van der Waals surface area contributed by atoms with Crippen molar-refractivity contribution in [2.75, 3.05) is 0 Å². The van der Waals surface area contributed by atoms with Crippen molar-refractivity contribution in [3.8, 4) is 0 Å². The molecule has 0 aliphatic heterocycles. The van der Waals surface area contributed by atoms with Crippen molar-refractivity contribution < 1.29 is 0 Å². The average molecular weight is 297 g/mol. The Balaban J connectivity index is 2.61. The Morgan fingerprint density at radius 1 is 0.773 bits per heavy atom. The maximum absolute atomic E-state index is 6.03. The topological polar surface area (TPSA) is 26.0 Å². The predicted octanol–water partition coefficient (Wildman–Crippen LogP) is 5.48. The van der Waals surface area contributed by atoms with Gasteiger partial charge < -0.3 is 5.73 Å². The van der Waals surface area contributed by atoms with E-state index in [1.54, 1.807) is 0 Å². The van der Waals surface area contributed by atoms with Crippen molar-refractivity contribution in [2.45, 2.75) is 60.9 Å². The smallest absolute Gasteiger partial charge is 0.0184 e. The molecule has 0 spiro atoms. The number of rotatable bonds is 3. The number of hydrogen-bond donors (Lipinski definition) is 1. The molecular formula is C21H31N. The van der Waals surface area contributed by atoms with Crippen LogP contribution in [0.2, 0.25) is 0 Å². The molecule has 1 heteroatoms. The first-order valence-electron chi connectivity index (χ1n) is 8.32. The van der Waals surface area contributed by atoms with Crippen molar-refractivity contribution in [3.05, 3.63) is 47.0 Å². The molecule has 0 heterocycles. The summed E-state index contributed by atoms with van der Waals surface area (Å²) < 4.78 is 0. The number of hydrogen-bond acceptors (Lipinski definition) is 1. The molecule has 22 heavy (non-hydrogen) atoms. The minimum atomic E-state index is 0.289. The highest BCUT2D eigenvalue weighted by atomic mass is 14.5. The largest absolute Gasteiger partial charge is 0.326 e. The standard InChI is InChI=1S/C21H31N/c1-20(2,3)12-15-10-17(14-22)18-9-7-8-16(19(18)11-15)13-21(4,5)6/h7-11H,12-14,22H2,1-6H3. The number of nitrogens with two attached hydrogens (primary N) is 1. The quantitative estimate of drug-likeness (QED) is 0.798. The third-order valence-corrected chi connectivity index (χ3v) is 3.91. The molecule has 0 aliphatic rings. The van der Waals surface area contributed by atoms with E-state index in [4.69, 9.17) is 5.73 Å². The van der Waals surface area contributed by atoms with E-state index in [-0.39, 0.29) is 5.41 Å². The first kappa shape index (κ1) is 17.0. The van der Waals surface area contributed by atoms with Crippen LogP contribution >= 0.6 is 0 Å². The number of benzene rings is 2. The van der Waals surface area contributed by atoms with Crippen LogP contribution < -0.4 is 5.73 Å². The van der Waals surface area contributed by atoms with Gasteiger partial charge in [0.2, 0.25) is 0 Å². The maximum Gasteiger partial charge on any atom is 0.0184 e. The van der Waals surface area contributed by atoms with Gasteiger partial charge in [0, 0.05) is 6.54 Å². The highest BCUT2D eigenvalue weighted by molar-refractivity contribution is 5.89. The van der Waals surface area contributed by atoms with Crippen LogP contribution in [0, 0.1) is 10.8 Å². The maximum atomic E-state index is 6.03. The van der Waals surface area contributed by atoms with Crippen molar-refractivity contribution in [3.63, 3.8) is 0 Å². The molecular weight excluding hydrogens is 266 g/mol. The van der Waals surface area contributed by atoms with Crippen LogP contribution in [0.25, 0.3) is 10.8 Å². The van der Waals surface area contributed by atoms with Gasteiger partial charge in [-0.1, -0.05) is 71.9 Å². The lowest BCUT2D eigenvalue weighted by atomic mass is 9.83. The fourth-order valence-corrected chi connectivity index (χ4v) is 3.20. The molecule has 0 radical (unpaired) electrons. The van der Waals surface area contributed by atoms with E-state index in [2.05, 4.69) is 71.9 Å². The Kier molecular flexibility index (Phi) is 4.67. The minimum Gasteiger partial charge on any atom is -0.326 e. The molecule has 0 saturated heterocycles. The molecule has 2 rings (SSSR count). The van der Waals surface area contributed by atoms with Gasteiger partial charge in [-0.15, -0.1) is 0 Å². The summed E-state index contributed by atoms with van der Waals surface area (Å²) in [4.78, 5) is 0. The van der Waals surface area contributed by atoms with Crippen molar-refractivity contribution in [2.24, 2.45) is 16.6 Å². The summed E-state index contributed by atoms with van der Waals surface area (Å²) in [5.41, 5.74) is 10.7. The van der Waals surface area contributed by atoms with Gasteiger partial charge in [0.1, 0.15) is 0 Å². The normalized spacial score (nSPS) is 12.9. The summed E-state index contributed by atoms with van der Waals surface area (Å²) in [5.74, 6) is 0.